The molecule has 3 heteroatoms. The molecule has 0 aliphatic rings. The highest BCUT2D eigenvalue weighted by Crippen LogP contribution is 2.21. The third-order valence-corrected chi connectivity index (χ3v) is 3.74. The molecule has 0 radical (unpaired) electrons. The SMILES string of the molecule is Cc1cccc(CSCc2ccc(N)cc2F)c1. The summed E-state index contributed by atoms with van der Waals surface area (Å²) < 4.78 is 13.5. The van der Waals surface area contributed by atoms with Crippen LogP contribution in [0.2, 0.25) is 0 Å². The van der Waals surface area contributed by atoms with E-state index in [1.165, 1.54) is 17.2 Å². The fourth-order valence-electron chi connectivity index (χ4n) is 1.76. The van der Waals surface area contributed by atoms with Gasteiger partial charge in [0.25, 0.3) is 0 Å². The lowest BCUT2D eigenvalue weighted by Crippen LogP contribution is -1.92. The molecule has 94 valence electrons. The average molecular weight is 261 g/mol. The summed E-state index contributed by atoms with van der Waals surface area (Å²) in [5.74, 6) is 1.35. The number of aryl methyl sites for hydroxylation is 1. The van der Waals surface area contributed by atoms with Crippen molar-refractivity contribution in [3.63, 3.8) is 0 Å². The van der Waals surface area contributed by atoms with Crippen LogP contribution in [0.4, 0.5) is 10.1 Å². The van der Waals surface area contributed by atoms with E-state index in [1.807, 2.05) is 0 Å². The molecule has 0 aromatic heterocycles. The molecular weight excluding hydrogens is 245 g/mol. The van der Waals surface area contributed by atoms with E-state index in [9.17, 15) is 4.39 Å². The minimum absolute atomic E-state index is 0.216. The summed E-state index contributed by atoms with van der Waals surface area (Å²) >= 11 is 1.71. The molecule has 0 fully saturated rings. The van der Waals surface area contributed by atoms with Gasteiger partial charge < -0.3 is 5.73 Å². The Morgan fingerprint density at radius 2 is 1.94 bits per heavy atom. The molecular formula is C15H16FNS. The predicted molar refractivity (Wildman–Crippen MR) is 77.0 cm³/mol. The van der Waals surface area contributed by atoms with Gasteiger partial charge in [-0.25, -0.2) is 4.39 Å². The summed E-state index contributed by atoms with van der Waals surface area (Å²) in [6.45, 7) is 2.08. The molecule has 0 aliphatic carbocycles. The van der Waals surface area contributed by atoms with Crippen LogP contribution in [0.3, 0.4) is 0 Å². The monoisotopic (exact) mass is 261 g/mol. The lowest BCUT2D eigenvalue weighted by atomic mass is 10.2. The van der Waals surface area contributed by atoms with Gasteiger partial charge in [-0.1, -0.05) is 35.9 Å². The van der Waals surface area contributed by atoms with Crippen molar-refractivity contribution in [2.45, 2.75) is 18.4 Å². The number of halogens is 1. The number of nitrogen functional groups attached to an aromatic ring is 1. The van der Waals surface area contributed by atoms with Gasteiger partial charge in [-0.15, -0.1) is 0 Å². The Morgan fingerprint density at radius 1 is 1.11 bits per heavy atom. The van der Waals surface area contributed by atoms with E-state index in [0.717, 1.165) is 5.75 Å². The first-order valence-corrected chi connectivity index (χ1v) is 6.98. The van der Waals surface area contributed by atoms with Crippen molar-refractivity contribution in [3.8, 4) is 0 Å². The lowest BCUT2D eigenvalue weighted by Gasteiger charge is -2.05. The van der Waals surface area contributed by atoms with E-state index in [1.54, 1.807) is 23.9 Å². The number of anilines is 1. The zero-order valence-corrected chi connectivity index (χ0v) is 11.1. The van der Waals surface area contributed by atoms with Gasteiger partial charge in [-0.05, 0) is 30.2 Å². The topological polar surface area (TPSA) is 26.0 Å². The van der Waals surface area contributed by atoms with Gasteiger partial charge in [0, 0.05) is 17.2 Å². The van der Waals surface area contributed by atoms with Crippen molar-refractivity contribution in [1.82, 2.24) is 0 Å². The van der Waals surface area contributed by atoms with Crippen molar-refractivity contribution in [3.05, 3.63) is 65.0 Å². The molecule has 2 aromatic carbocycles. The van der Waals surface area contributed by atoms with Crippen LogP contribution in [0.25, 0.3) is 0 Å². The summed E-state index contributed by atoms with van der Waals surface area (Å²) in [5.41, 5.74) is 9.23. The van der Waals surface area contributed by atoms with Crippen molar-refractivity contribution >= 4 is 17.4 Å². The summed E-state index contributed by atoms with van der Waals surface area (Å²) in [5, 5.41) is 0. The molecule has 18 heavy (non-hydrogen) atoms. The highest BCUT2D eigenvalue weighted by Gasteiger charge is 2.03. The summed E-state index contributed by atoms with van der Waals surface area (Å²) in [4.78, 5) is 0. The fourth-order valence-corrected chi connectivity index (χ4v) is 2.73. The number of rotatable bonds is 4. The van der Waals surface area contributed by atoms with Gasteiger partial charge in [-0.2, -0.15) is 11.8 Å². The van der Waals surface area contributed by atoms with E-state index < -0.39 is 0 Å². The van der Waals surface area contributed by atoms with Crippen LogP contribution in [0.5, 0.6) is 0 Å². The zero-order chi connectivity index (χ0) is 13.0. The minimum atomic E-state index is -0.216. The smallest absolute Gasteiger partial charge is 0.129 e. The molecule has 1 nitrogen and oxygen atoms in total. The first-order valence-electron chi connectivity index (χ1n) is 5.82. The van der Waals surface area contributed by atoms with Crippen LogP contribution in [0, 0.1) is 12.7 Å². The molecule has 0 bridgehead atoms. The molecule has 2 N–H and O–H groups in total. The number of benzene rings is 2. The molecule has 2 rings (SSSR count). The third kappa shape index (κ3) is 3.50. The number of thioether (sulfide) groups is 1. The molecule has 0 saturated heterocycles. The van der Waals surface area contributed by atoms with E-state index in [4.69, 9.17) is 5.73 Å². The van der Waals surface area contributed by atoms with Crippen molar-refractivity contribution in [1.29, 1.82) is 0 Å². The van der Waals surface area contributed by atoms with Crippen molar-refractivity contribution in [2.75, 3.05) is 5.73 Å². The second-order valence-electron chi connectivity index (χ2n) is 4.33. The molecule has 0 aliphatic heterocycles. The van der Waals surface area contributed by atoms with Gasteiger partial charge in [0.2, 0.25) is 0 Å². The lowest BCUT2D eigenvalue weighted by molar-refractivity contribution is 0.618. The van der Waals surface area contributed by atoms with Gasteiger partial charge >= 0.3 is 0 Å². The van der Waals surface area contributed by atoms with E-state index >= 15 is 0 Å². The first kappa shape index (κ1) is 13.0. The Morgan fingerprint density at radius 3 is 2.67 bits per heavy atom. The first-order chi connectivity index (χ1) is 8.65. The Bertz CT molecular complexity index is 540. The third-order valence-electron chi connectivity index (χ3n) is 2.69. The Balaban J connectivity index is 1.92. The average Bonchev–Trinajstić information content (AvgIpc) is 2.32. The Kier molecular flexibility index (Phi) is 4.26. The van der Waals surface area contributed by atoms with Crippen LogP contribution >= 0.6 is 11.8 Å². The summed E-state index contributed by atoms with van der Waals surface area (Å²) in [6.07, 6.45) is 0. The molecule has 0 amide bonds. The Hall–Kier alpha value is -1.48. The van der Waals surface area contributed by atoms with E-state index in [0.29, 0.717) is 17.0 Å². The molecule has 0 spiro atoms. The second kappa shape index (κ2) is 5.91. The zero-order valence-electron chi connectivity index (χ0n) is 10.3. The van der Waals surface area contributed by atoms with Crippen LogP contribution in [0.1, 0.15) is 16.7 Å². The van der Waals surface area contributed by atoms with Crippen LogP contribution in [-0.2, 0) is 11.5 Å². The maximum Gasteiger partial charge on any atom is 0.129 e. The van der Waals surface area contributed by atoms with Gasteiger partial charge in [0.05, 0.1) is 0 Å². The van der Waals surface area contributed by atoms with Crippen LogP contribution in [0.15, 0.2) is 42.5 Å². The number of hydrogen-bond acceptors (Lipinski definition) is 2. The highest BCUT2D eigenvalue weighted by atomic mass is 32.2. The van der Waals surface area contributed by atoms with Gasteiger partial charge in [0.15, 0.2) is 0 Å². The normalized spacial score (nSPS) is 10.6. The maximum absolute atomic E-state index is 13.5. The van der Waals surface area contributed by atoms with Gasteiger partial charge in [0.1, 0.15) is 5.82 Å². The second-order valence-corrected chi connectivity index (χ2v) is 5.32. The summed E-state index contributed by atoms with van der Waals surface area (Å²) in [6, 6.07) is 13.3. The highest BCUT2D eigenvalue weighted by molar-refractivity contribution is 7.97. The molecule has 0 atom stereocenters. The fraction of sp³-hybridized carbons (Fsp3) is 0.200. The molecule has 0 unspecified atom stereocenters. The number of hydrogen-bond donors (Lipinski definition) is 1. The van der Waals surface area contributed by atoms with Gasteiger partial charge in [-0.3, -0.25) is 0 Å². The summed E-state index contributed by atoms with van der Waals surface area (Å²) in [7, 11) is 0. The predicted octanol–water partition coefficient (Wildman–Crippen LogP) is 4.15. The minimum Gasteiger partial charge on any atom is -0.399 e. The maximum atomic E-state index is 13.5. The molecule has 0 heterocycles. The quantitative estimate of drug-likeness (QED) is 0.837. The van der Waals surface area contributed by atoms with E-state index in [-0.39, 0.29) is 5.82 Å². The van der Waals surface area contributed by atoms with Crippen LogP contribution in [-0.4, -0.2) is 0 Å². The van der Waals surface area contributed by atoms with E-state index in [2.05, 4.69) is 31.2 Å². The molecule has 2 aromatic rings. The van der Waals surface area contributed by atoms with Crippen LogP contribution < -0.4 is 5.73 Å². The van der Waals surface area contributed by atoms with Crippen molar-refractivity contribution in [2.24, 2.45) is 0 Å². The largest absolute Gasteiger partial charge is 0.399 e. The van der Waals surface area contributed by atoms with Crippen molar-refractivity contribution < 1.29 is 4.39 Å². The number of nitrogens with two attached hydrogens (primary N) is 1. The Labute approximate surface area is 111 Å². The standard InChI is InChI=1S/C15H16FNS/c1-11-3-2-4-12(7-11)9-18-10-13-5-6-14(17)8-15(13)16/h2-8H,9-10,17H2,1H3. The molecule has 0 saturated carbocycles.